The number of hydrogen-bond acceptors (Lipinski definition) is 3. The van der Waals surface area contributed by atoms with Gasteiger partial charge in [0.1, 0.15) is 16.5 Å². The van der Waals surface area contributed by atoms with Gasteiger partial charge in [0.15, 0.2) is 0 Å². The zero-order chi connectivity index (χ0) is 20.7. The molecule has 0 aliphatic heterocycles. The van der Waals surface area contributed by atoms with Gasteiger partial charge in [-0.05, 0) is 36.5 Å². The Kier molecular flexibility index (Phi) is 7.18. The van der Waals surface area contributed by atoms with Gasteiger partial charge in [-0.2, -0.15) is 0 Å². The molecule has 0 atom stereocenters. The minimum atomic E-state index is -0.473. The number of methoxy groups -OCH3 is 2. The van der Waals surface area contributed by atoms with E-state index in [9.17, 15) is 5.11 Å². The summed E-state index contributed by atoms with van der Waals surface area (Å²) >= 11 is 6.67. The van der Waals surface area contributed by atoms with Gasteiger partial charge in [0.05, 0.1) is 14.2 Å². The van der Waals surface area contributed by atoms with Crippen molar-refractivity contribution in [3.8, 4) is 11.5 Å². The van der Waals surface area contributed by atoms with Crippen LogP contribution in [0, 0.1) is 0 Å². The van der Waals surface area contributed by atoms with Gasteiger partial charge in [-0.3, -0.25) is 0 Å². The Morgan fingerprint density at radius 3 is 1.86 bits per heavy atom. The molecule has 3 rings (SSSR count). The molecule has 3 aromatic carbocycles. The lowest BCUT2D eigenvalue weighted by Crippen LogP contribution is -2.30. The van der Waals surface area contributed by atoms with Crippen LogP contribution in [0.4, 0.5) is 0 Å². The van der Waals surface area contributed by atoms with Crippen molar-refractivity contribution in [3.05, 3.63) is 94.5 Å². The Morgan fingerprint density at radius 2 is 1.38 bits per heavy atom. The zero-order valence-electron chi connectivity index (χ0n) is 16.9. The highest BCUT2D eigenvalue weighted by Crippen LogP contribution is 2.50. The number of halogens is 1. The van der Waals surface area contributed by atoms with Gasteiger partial charge < -0.3 is 14.6 Å². The smallest absolute Gasteiger partial charge is 0.145 e. The Balaban J connectivity index is 2.34. The van der Waals surface area contributed by atoms with Crippen molar-refractivity contribution in [2.45, 2.75) is 24.7 Å². The van der Waals surface area contributed by atoms with E-state index in [2.05, 4.69) is 48.5 Å². The average molecular weight is 411 g/mol. The Hall–Kier alpha value is -2.49. The second kappa shape index (κ2) is 9.82. The van der Waals surface area contributed by atoms with Gasteiger partial charge in [0, 0.05) is 17.6 Å². The Morgan fingerprint density at radius 1 is 0.793 bits per heavy atom. The quantitative estimate of drug-likeness (QED) is 0.355. The number of unbranched alkanes of at least 4 members (excludes halogenated alkanes) is 1. The molecule has 152 valence electrons. The second-order valence-corrected chi connectivity index (χ2v) is 7.36. The number of aliphatic hydroxyl groups excluding tert-OH is 1. The zero-order valence-corrected chi connectivity index (χ0v) is 17.7. The summed E-state index contributed by atoms with van der Waals surface area (Å²) in [4.78, 5) is 0. The number of rotatable bonds is 9. The molecule has 0 heterocycles. The van der Waals surface area contributed by atoms with Crippen molar-refractivity contribution in [1.29, 1.82) is 0 Å². The van der Waals surface area contributed by atoms with Crippen LogP contribution in [-0.4, -0.2) is 25.9 Å². The molecule has 29 heavy (non-hydrogen) atoms. The molecule has 3 aromatic rings. The maximum Gasteiger partial charge on any atom is 0.145 e. The third kappa shape index (κ3) is 4.12. The van der Waals surface area contributed by atoms with E-state index in [-0.39, 0.29) is 6.61 Å². The maximum absolute atomic E-state index is 9.43. The summed E-state index contributed by atoms with van der Waals surface area (Å²) in [5.41, 5.74) is 2.83. The SMILES string of the molecule is COc1ccc(C(CCCCO)(c2ccccc2)c2ccccc2)c(OC)c1Cl. The third-order valence-electron chi connectivity index (χ3n) is 5.44. The number of benzene rings is 3. The van der Waals surface area contributed by atoms with Crippen molar-refractivity contribution >= 4 is 11.6 Å². The summed E-state index contributed by atoms with van der Waals surface area (Å²) in [6.07, 6.45) is 2.39. The summed E-state index contributed by atoms with van der Waals surface area (Å²) in [6.45, 7) is 0.167. The van der Waals surface area contributed by atoms with Gasteiger partial charge >= 0.3 is 0 Å². The molecule has 0 aromatic heterocycles. The van der Waals surface area contributed by atoms with Crippen molar-refractivity contribution in [3.63, 3.8) is 0 Å². The number of aliphatic hydroxyl groups is 1. The van der Waals surface area contributed by atoms with Crippen LogP contribution in [0.5, 0.6) is 11.5 Å². The van der Waals surface area contributed by atoms with Crippen molar-refractivity contribution in [2.24, 2.45) is 0 Å². The van der Waals surface area contributed by atoms with Crippen LogP contribution >= 0.6 is 11.6 Å². The highest BCUT2D eigenvalue weighted by Gasteiger charge is 2.39. The van der Waals surface area contributed by atoms with Gasteiger partial charge in [-0.15, -0.1) is 0 Å². The van der Waals surface area contributed by atoms with E-state index in [0.717, 1.165) is 36.0 Å². The normalized spacial score (nSPS) is 11.3. The monoisotopic (exact) mass is 410 g/mol. The Bertz CT molecular complexity index is 871. The summed E-state index contributed by atoms with van der Waals surface area (Å²) in [5, 5.41) is 9.89. The minimum absolute atomic E-state index is 0.167. The molecule has 0 amide bonds. The van der Waals surface area contributed by atoms with E-state index < -0.39 is 5.41 Å². The van der Waals surface area contributed by atoms with Gasteiger partial charge in [0.2, 0.25) is 0 Å². The molecular weight excluding hydrogens is 384 g/mol. The summed E-state index contributed by atoms with van der Waals surface area (Å²) in [5.74, 6) is 1.19. The molecule has 3 nitrogen and oxygen atoms in total. The highest BCUT2D eigenvalue weighted by atomic mass is 35.5. The van der Waals surface area contributed by atoms with Gasteiger partial charge in [0.25, 0.3) is 0 Å². The third-order valence-corrected chi connectivity index (χ3v) is 5.80. The van der Waals surface area contributed by atoms with E-state index in [4.69, 9.17) is 21.1 Å². The predicted molar refractivity (Wildman–Crippen MR) is 118 cm³/mol. The first-order valence-electron chi connectivity index (χ1n) is 9.82. The van der Waals surface area contributed by atoms with Crippen molar-refractivity contribution in [2.75, 3.05) is 20.8 Å². The molecule has 0 aliphatic rings. The number of ether oxygens (including phenoxy) is 2. The lowest BCUT2D eigenvalue weighted by molar-refractivity contribution is 0.279. The largest absolute Gasteiger partial charge is 0.495 e. The van der Waals surface area contributed by atoms with Gasteiger partial charge in [-0.25, -0.2) is 0 Å². The second-order valence-electron chi connectivity index (χ2n) is 6.98. The van der Waals surface area contributed by atoms with E-state index in [0.29, 0.717) is 16.5 Å². The Labute approximate surface area is 177 Å². The molecule has 0 aliphatic carbocycles. The first-order chi connectivity index (χ1) is 14.2. The lowest BCUT2D eigenvalue weighted by atomic mass is 9.66. The fraction of sp³-hybridized carbons (Fsp3) is 0.280. The van der Waals surface area contributed by atoms with Crippen LogP contribution in [0.2, 0.25) is 5.02 Å². The first kappa shape index (κ1) is 21.2. The lowest BCUT2D eigenvalue weighted by Gasteiger charge is -2.37. The fourth-order valence-corrected chi connectivity index (χ4v) is 4.40. The van der Waals surface area contributed by atoms with Crippen LogP contribution in [0.3, 0.4) is 0 Å². The van der Waals surface area contributed by atoms with Crippen molar-refractivity contribution < 1.29 is 14.6 Å². The maximum atomic E-state index is 9.43. The predicted octanol–water partition coefficient (Wildman–Crippen LogP) is 5.85. The molecule has 4 heteroatoms. The van der Waals surface area contributed by atoms with E-state index >= 15 is 0 Å². The molecule has 0 bridgehead atoms. The molecule has 0 saturated carbocycles. The van der Waals surface area contributed by atoms with E-state index in [1.807, 2.05) is 24.3 Å². The summed E-state index contributed by atoms with van der Waals surface area (Å²) in [7, 11) is 3.24. The topological polar surface area (TPSA) is 38.7 Å². The van der Waals surface area contributed by atoms with Crippen LogP contribution in [0.25, 0.3) is 0 Å². The molecular formula is C25H27ClO3. The fourth-order valence-electron chi connectivity index (χ4n) is 4.08. The van der Waals surface area contributed by atoms with E-state index in [1.54, 1.807) is 14.2 Å². The van der Waals surface area contributed by atoms with Crippen molar-refractivity contribution in [1.82, 2.24) is 0 Å². The molecule has 1 N–H and O–H groups in total. The summed E-state index contributed by atoms with van der Waals surface area (Å²) < 4.78 is 11.2. The van der Waals surface area contributed by atoms with Crippen LogP contribution in [0.15, 0.2) is 72.8 Å². The summed E-state index contributed by atoms with van der Waals surface area (Å²) in [6, 6.07) is 24.8. The van der Waals surface area contributed by atoms with Gasteiger partial charge in [-0.1, -0.05) is 78.3 Å². The molecule has 0 saturated heterocycles. The minimum Gasteiger partial charge on any atom is -0.495 e. The molecule has 0 unspecified atom stereocenters. The molecule has 0 radical (unpaired) electrons. The standard InChI is InChI=1S/C25H27ClO3/c1-28-22-16-15-21(24(29-2)23(22)26)25(17-9-10-18-27,19-11-5-3-6-12-19)20-13-7-4-8-14-20/h3-8,11-16,27H,9-10,17-18H2,1-2H3. The van der Waals surface area contributed by atoms with Crippen LogP contribution < -0.4 is 9.47 Å². The number of hydrogen-bond donors (Lipinski definition) is 1. The van der Waals surface area contributed by atoms with Crippen LogP contribution in [0.1, 0.15) is 36.0 Å². The average Bonchev–Trinajstić information content (AvgIpc) is 2.78. The van der Waals surface area contributed by atoms with Crippen LogP contribution in [-0.2, 0) is 5.41 Å². The highest BCUT2D eigenvalue weighted by molar-refractivity contribution is 6.33. The first-order valence-corrected chi connectivity index (χ1v) is 10.2. The van der Waals surface area contributed by atoms with E-state index in [1.165, 1.54) is 0 Å². The molecule has 0 spiro atoms. The molecule has 0 fully saturated rings.